The standard InChI is InChI=1S/C11H13FO2/c1-11(12)6-7-14-9-5-3-4-8(13-2)10(9)11/h3-5H,6-7H2,1-2H3. The normalized spacial score (nSPS) is 25.1. The molecule has 3 heteroatoms. The maximum atomic E-state index is 14.2. The van der Waals surface area contributed by atoms with Crippen LogP contribution in [0.25, 0.3) is 0 Å². The van der Waals surface area contributed by atoms with Crippen molar-refractivity contribution in [3.05, 3.63) is 23.8 Å². The van der Waals surface area contributed by atoms with E-state index in [2.05, 4.69) is 0 Å². The molecule has 0 saturated heterocycles. The third-order valence-electron chi connectivity index (χ3n) is 2.56. The van der Waals surface area contributed by atoms with Crippen LogP contribution in [-0.4, -0.2) is 13.7 Å². The van der Waals surface area contributed by atoms with Crippen molar-refractivity contribution in [2.75, 3.05) is 13.7 Å². The molecule has 0 aliphatic carbocycles. The van der Waals surface area contributed by atoms with Crippen molar-refractivity contribution in [3.63, 3.8) is 0 Å². The molecule has 0 radical (unpaired) electrons. The Morgan fingerprint density at radius 3 is 3.00 bits per heavy atom. The molecule has 1 aromatic rings. The molecule has 1 atom stereocenters. The van der Waals surface area contributed by atoms with Crippen LogP contribution in [0, 0.1) is 0 Å². The van der Waals surface area contributed by atoms with Crippen molar-refractivity contribution >= 4 is 0 Å². The number of hydrogen-bond acceptors (Lipinski definition) is 2. The van der Waals surface area contributed by atoms with Crippen LogP contribution >= 0.6 is 0 Å². The average Bonchev–Trinajstić information content (AvgIpc) is 2.16. The molecule has 2 rings (SSSR count). The third-order valence-corrected chi connectivity index (χ3v) is 2.56. The summed E-state index contributed by atoms with van der Waals surface area (Å²) in [6.07, 6.45) is 0.375. The number of methoxy groups -OCH3 is 1. The SMILES string of the molecule is COc1cccc2c1C(C)(F)CCO2. The highest BCUT2D eigenvalue weighted by atomic mass is 19.1. The lowest BCUT2D eigenvalue weighted by atomic mass is 9.91. The summed E-state index contributed by atoms with van der Waals surface area (Å²) in [4.78, 5) is 0. The topological polar surface area (TPSA) is 18.5 Å². The second-order valence-corrected chi connectivity index (χ2v) is 3.63. The Hall–Kier alpha value is -1.25. The summed E-state index contributed by atoms with van der Waals surface area (Å²) in [6, 6.07) is 5.33. The number of hydrogen-bond donors (Lipinski definition) is 0. The minimum atomic E-state index is -1.35. The van der Waals surface area contributed by atoms with Crippen molar-refractivity contribution in [2.45, 2.75) is 19.0 Å². The van der Waals surface area contributed by atoms with E-state index in [4.69, 9.17) is 9.47 Å². The van der Waals surface area contributed by atoms with E-state index in [1.165, 1.54) is 0 Å². The average molecular weight is 196 g/mol. The van der Waals surface area contributed by atoms with E-state index in [-0.39, 0.29) is 0 Å². The van der Waals surface area contributed by atoms with E-state index in [0.29, 0.717) is 30.1 Å². The highest BCUT2D eigenvalue weighted by Crippen LogP contribution is 2.44. The van der Waals surface area contributed by atoms with E-state index in [1.807, 2.05) is 0 Å². The quantitative estimate of drug-likeness (QED) is 0.687. The van der Waals surface area contributed by atoms with Gasteiger partial charge in [-0.05, 0) is 19.1 Å². The fraction of sp³-hybridized carbons (Fsp3) is 0.455. The van der Waals surface area contributed by atoms with Gasteiger partial charge in [0.1, 0.15) is 17.2 Å². The Bertz CT molecular complexity index is 333. The highest BCUT2D eigenvalue weighted by molar-refractivity contribution is 5.49. The molecule has 1 aromatic carbocycles. The molecule has 0 N–H and O–H groups in total. The van der Waals surface area contributed by atoms with Gasteiger partial charge in [0.05, 0.1) is 19.3 Å². The van der Waals surface area contributed by atoms with Gasteiger partial charge >= 0.3 is 0 Å². The summed E-state index contributed by atoms with van der Waals surface area (Å²) in [5.41, 5.74) is -0.811. The van der Waals surface area contributed by atoms with Gasteiger partial charge in [0.25, 0.3) is 0 Å². The fourth-order valence-corrected chi connectivity index (χ4v) is 1.79. The molecule has 76 valence electrons. The summed E-state index contributed by atoms with van der Waals surface area (Å²) >= 11 is 0. The predicted molar refractivity (Wildman–Crippen MR) is 51.6 cm³/mol. The highest BCUT2D eigenvalue weighted by Gasteiger charge is 2.36. The first-order valence-electron chi connectivity index (χ1n) is 4.64. The summed E-state index contributed by atoms with van der Waals surface area (Å²) in [7, 11) is 1.54. The van der Waals surface area contributed by atoms with Crippen molar-refractivity contribution in [1.82, 2.24) is 0 Å². The summed E-state index contributed by atoms with van der Waals surface area (Å²) in [5, 5.41) is 0. The number of alkyl halides is 1. The third kappa shape index (κ3) is 1.33. The number of halogens is 1. The van der Waals surface area contributed by atoms with Gasteiger partial charge in [0.2, 0.25) is 0 Å². The van der Waals surface area contributed by atoms with Crippen LogP contribution in [0.2, 0.25) is 0 Å². The monoisotopic (exact) mass is 196 g/mol. The van der Waals surface area contributed by atoms with Crippen LogP contribution in [0.1, 0.15) is 18.9 Å². The largest absolute Gasteiger partial charge is 0.496 e. The Morgan fingerprint density at radius 1 is 1.50 bits per heavy atom. The minimum Gasteiger partial charge on any atom is -0.496 e. The van der Waals surface area contributed by atoms with Crippen molar-refractivity contribution in [1.29, 1.82) is 0 Å². The molecular weight excluding hydrogens is 183 g/mol. The van der Waals surface area contributed by atoms with E-state index in [9.17, 15) is 4.39 Å². The molecule has 0 bridgehead atoms. The van der Waals surface area contributed by atoms with Gasteiger partial charge < -0.3 is 9.47 Å². The van der Waals surface area contributed by atoms with Crippen LogP contribution < -0.4 is 9.47 Å². The zero-order valence-corrected chi connectivity index (χ0v) is 8.34. The lowest BCUT2D eigenvalue weighted by molar-refractivity contribution is 0.106. The van der Waals surface area contributed by atoms with Crippen LogP contribution in [0.3, 0.4) is 0 Å². The first-order valence-corrected chi connectivity index (χ1v) is 4.64. The van der Waals surface area contributed by atoms with E-state index in [1.54, 1.807) is 32.2 Å². The minimum absolute atomic E-state index is 0.375. The number of benzene rings is 1. The zero-order chi connectivity index (χ0) is 10.2. The van der Waals surface area contributed by atoms with Gasteiger partial charge in [-0.15, -0.1) is 0 Å². The second-order valence-electron chi connectivity index (χ2n) is 3.63. The van der Waals surface area contributed by atoms with Crippen molar-refractivity contribution in [3.8, 4) is 11.5 Å². The molecule has 1 aliphatic heterocycles. The molecule has 2 nitrogen and oxygen atoms in total. The molecule has 1 aliphatic rings. The molecular formula is C11H13FO2. The molecule has 0 amide bonds. The molecule has 0 fully saturated rings. The number of fused-ring (bicyclic) bond motifs is 1. The molecule has 14 heavy (non-hydrogen) atoms. The first-order chi connectivity index (χ1) is 6.65. The maximum absolute atomic E-state index is 14.2. The van der Waals surface area contributed by atoms with Gasteiger partial charge in [0, 0.05) is 6.42 Å². The Morgan fingerprint density at radius 2 is 2.29 bits per heavy atom. The Balaban J connectivity index is 2.58. The number of ether oxygens (including phenoxy) is 2. The Labute approximate surface area is 82.6 Å². The predicted octanol–water partition coefficient (Wildman–Crippen LogP) is 2.66. The van der Waals surface area contributed by atoms with Gasteiger partial charge in [-0.3, -0.25) is 0 Å². The van der Waals surface area contributed by atoms with Gasteiger partial charge in [-0.25, -0.2) is 4.39 Å². The van der Waals surface area contributed by atoms with E-state index < -0.39 is 5.67 Å². The second kappa shape index (κ2) is 3.15. The number of rotatable bonds is 1. The first kappa shape index (κ1) is 9.31. The fourth-order valence-electron chi connectivity index (χ4n) is 1.79. The van der Waals surface area contributed by atoms with Crippen molar-refractivity contribution in [2.24, 2.45) is 0 Å². The van der Waals surface area contributed by atoms with E-state index >= 15 is 0 Å². The Kier molecular flexibility index (Phi) is 2.10. The summed E-state index contributed by atoms with van der Waals surface area (Å²) < 4.78 is 24.7. The lowest BCUT2D eigenvalue weighted by Crippen LogP contribution is -2.25. The molecule has 0 spiro atoms. The van der Waals surface area contributed by atoms with Gasteiger partial charge in [-0.2, -0.15) is 0 Å². The van der Waals surface area contributed by atoms with Crippen LogP contribution in [0.15, 0.2) is 18.2 Å². The van der Waals surface area contributed by atoms with Crippen molar-refractivity contribution < 1.29 is 13.9 Å². The van der Waals surface area contributed by atoms with Gasteiger partial charge in [-0.1, -0.05) is 6.07 Å². The van der Waals surface area contributed by atoms with Crippen LogP contribution in [-0.2, 0) is 5.67 Å². The maximum Gasteiger partial charge on any atom is 0.143 e. The van der Waals surface area contributed by atoms with Gasteiger partial charge in [0.15, 0.2) is 0 Å². The molecule has 1 heterocycles. The van der Waals surface area contributed by atoms with E-state index in [0.717, 1.165) is 0 Å². The lowest BCUT2D eigenvalue weighted by Gasteiger charge is -2.30. The zero-order valence-electron chi connectivity index (χ0n) is 8.34. The smallest absolute Gasteiger partial charge is 0.143 e. The van der Waals surface area contributed by atoms with Crippen LogP contribution in [0.4, 0.5) is 4.39 Å². The molecule has 0 saturated carbocycles. The summed E-state index contributed by atoms with van der Waals surface area (Å²) in [6.45, 7) is 1.99. The molecule has 1 unspecified atom stereocenters. The summed E-state index contributed by atoms with van der Waals surface area (Å²) in [5.74, 6) is 1.16. The van der Waals surface area contributed by atoms with Crippen LogP contribution in [0.5, 0.6) is 11.5 Å². The molecule has 0 aromatic heterocycles.